The largest absolute Gasteiger partial charge is 0.347 e. The van der Waals surface area contributed by atoms with Gasteiger partial charge >= 0.3 is 0 Å². The second-order valence-corrected chi connectivity index (χ2v) is 18.2. The van der Waals surface area contributed by atoms with Crippen LogP contribution in [0.15, 0.2) is 254 Å². The second kappa shape index (κ2) is 18.5. The number of hydrogen-bond donors (Lipinski definition) is 0. The van der Waals surface area contributed by atoms with E-state index in [0.717, 1.165) is 25.7 Å². The number of benzene rings is 8. The first-order valence-electron chi connectivity index (χ1n) is 23.4. The van der Waals surface area contributed by atoms with Gasteiger partial charge in [0.05, 0.1) is 5.41 Å². The minimum atomic E-state index is -0.283. The summed E-state index contributed by atoms with van der Waals surface area (Å²) >= 11 is 0. The van der Waals surface area contributed by atoms with E-state index in [4.69, 9.17) is 0 Å². The van der Waals surface area contributed by atoms with Gasteiger partial charge in [-0.2, -0.15) is 4.58 Å². The van der Waals surface area contributed by atoms with Crippen molar-refractivity contribution in [3.05, 3.63) is 287 Å². The molecule has 0 fully saturated rings. The summed E-state index contributed by atoms with van der Waals surface area (Å²) in [6.07, 6.45) is 21.6. The molecule has 8 aromatic rings. The molecule has 0 unspecified atom stereocenters. The molecule has 0 saturated heterocycles. The summed E-state index contributed by atoms with van der Waals surface area (Å²) in [6.45, 7) is 2.19. The molecule has 2 heterocycles. The van der Waals surface area contributed by atoms with Crippen molar-refractivity contribution in [1.29, 1.82) is 0 Å². The van der Waals surface area contributed by atoms with Crippen molar-refractivity contribution in [3.63, 3.8) is 0 Å². The van der Waals surface area contributed by atoms with Crippen molar-refractivity contribution in [1.82, 2.24) is 0 Å². The highest BCUT2D eigenvalue weighted by Gasteiger charge is 2.51. The number of allylic oxidation sites excluding steroid dienone is 10. The average Bonchev–Trinajstić information content (AvgIpc) is 3.72. The molecule has 0 saturated carbocycles. The molecule has 2 nitrogen and oxygen atoms in total. The van der Waals surface area contributed by atoms with E-state index in [1.54, 1.807) is 0 Å². The highest BCUT2D eigenvalue weighted by atomic mass is 15.2. The van der Waals surface area contributed by atoms with Crippen molar-refractivity contribution in [3.8, 4) is 0 Å². The standard InChI is InChI=1S/C64H57N2/c1-48(24-16-22-38-59-63(44-49-26-8-4-9-27-49,45-50-28-10-5-11-29-50)61-55-36-20-18-34-53(55)40-42-57(61)65(59)2)25-17-23-39-60-64(46-51-30-12-6-13-31-51,47-52-32-14-7-15-33-52)62-56-37-21-19-35-54(56)41-43-58(62)66(60)3/h4-43H,44-47H2,1-3H3/q+1. The Hall–Kier alpha value is -7.55. The van der Waals surface area contributed by atoms with Crippen molar-refractivity contribution < 1.29 is 4.58 Å². The van der Waals surface area contributed by atoms with Crippen molar-refractivity contribution in [2.45, 2.75) is 43.4 Å². The van der Waals surface area contributed by atoms with Crippen LogP contribution in [0.3, 0.4) is 0 Å². The van der Waals surface area contributed by atoms with E-state index in [9.17, 15) is 0 Å². The van der Waals surface area contributed by atoms with E-state index >= 15 is 0 Å². The maximum Gasteiger partial charge on any atom is 0.210 e. The van der Waals surface area contributed by atoms with E-state index in [0.29, 0.717) is 0 Å². The van der Waals surface area contributed by atoms with Crippen LogP contribution in [0.5, 0.6) is 0 Å². The predicted molar refractivity (Wildman–Crippen MR) is 280 cm³/mol. The molecule has 0 aromatic heterocycles. The van der Waals surface area contributed by atoms with Crippen LogP contribution < -0.4 is 4.90 Å². The molecule has 0 atom stereocenters. The van der Waals surface area contributed by atoms with E-state index in [-0.39, 0.29) is 10.8 Å². The molecule has 322 valence electrons. The van der Waals surface area contributed by atoms with Gasteiger partial charge in [0.25, 0.3) is 0 Å². The zero-order chi connectivity index (χ0) is 44.9. The normalized spacial score (nSPS) is 16.1. The number of anilines is 1. The molecule has 2 aliphatic rings. The van der Waals surface area contributed by atoms with Gasteiger partial charge in [-0.15, -0.1) is 0 Å². The van der Waals surface area contributed by atoms with Gasteiger partial charge in [0.15, 0.2) is 5.71 Å². The molecule has 0 spiro atoms. The Morgan fingerprint density at radius 1 is 0.485 bits per heavy atom. The number of fused-ring (bicyclic) bond motifs is 6. The minimum absolute atomic E-state index is 0.283. The third-order valence-corrected chi connectivity index (χ3v) is 14.0. The van der Waals surface area contributed by atoms with Gasteiger partial charge in [-0.1, -0.05) is 218 Å². The summed E-state index contributed by atoms with van der Waals surface area (Å²) in [4.78, 5) is 2.44. The third-order valence-electron chi connectivity index (χ3n) is 14.0. The molecular formula is C64H57N2+. The fourth-order valence-electron chi connectivity index (χ4n) is 11.2. The number of likely N-dealkylation sites (N-methyl/N-ethyl adjacent to an activating group) is 1. The van der Waals surface area contributed by atoms with Gasteiger partial charge in [-0.05, 0) is 100 Å². The Labute approximate surface area is 391 Å². The summed E-state index contributed by atoms with van der Waals surface area (Å²) in [5.41, 5.74) is 14.0. The fourth-order valence-corrected chi connectivity index (χ4v) is 11.2. The van der Waals surface area contributed by atoms with E-state index < -0.39 is 0 Å². The smallest absolute Gasteiger partial charge is 0.210 e. The zero-order valence-corrected chi connectivity index (χ0v) is 38.3. The van der Waals surface area contributed by atoms with Crippen LogP contribution in [0.4, 0.5) is 11.4 Å². The van der Waals surface area contributed by atoms with Crippen LogP contribution in [0.2, 0.25) is 0 Å². The van der Waals surface area contributed by atoms with Crippen LogP contribution in [0, 0.1) is 0 Å². The summed E-state index contributed by atoms with van der Waals surface area (Å²) in [6, 6.07) is 71.1. The van der Waals surface area contributed by atoms with Gasteiger partial charge in [-0.25, -0.2) is 0 Å². The van der Waals surface area contributed by atoms with E-state index in [2.05, 4.69) is 273 Å². The lowest BCUT2D eigenvalue weighted by molar-refractivity contribution is -0.401. The first-order valence-corrected chi connectivity index (χ1v) is 23.4. The number of rotatable bonds is 13. The Morgan fingerprint density at radius 3 is 1.50 bits per heavy atom. The monoisotopic (exact) mass is 853 g/mol. The van der Waals surface area contributed by atoms with Gasteiger partial charge in [0, 0.05) is 41.6 Å². The van der Waals surface area contributed by atoms with Crippen LogP contribution in [-0.4, -0.2) is 24.4 Å². The number of hydrogen-bond acceptors (Lipinski definition) is 1. The van der Waals surface area contributed by atoms with Gasteiger partial charge in [0.1, 0.15) is 7.05 Å². The van der Waals surface area contributed by atoms with Crippen molar-refractivity contribution >= 4 is 38.6 Å². The molecule has 66 heavy (non-hydrogen) atoms. The van der Waals surface area contributed by atoms with Gasteiger partial charge < -0.3 is 4.90 Å². The molecule has 0 amide bonds. The molecule has 0 N–H and O–H groups in total. The Balaban J connectivity index is 0.988. The lowest BCUT2D eigenvalue weighted by Gasteiger charge is -2.34. The van der Waals surface area contributed by atoms with Crippen LogP contribution in [-0.2, 0) is 36.5 Å². The molecule has 8 aromatic carbocycles. The molecule has 0 radical (unpaired) electrons. The van der Waals surface area contributed by atoms with E-state index in [1.807, 2.05) is 0 Å². The molecule has 2 aliphatic heterocycles. The first-order chi connectivity index (χ1) is 32.4. The van der Waals surface area contributed by atoms with Gasteiger partial charge in [-0.3, -0.25) is 0 Å². The molecular weight excluding hydrogens is 797 g/mol. The molecule has 2 heteroatoms. The van der Waals surface area contributed by atoms with Crippen LogP contribution in [0.25, 0.3) is 21.5 Å². The molecule has 0 aliphatic carbocycles. The highest BCUT2D eigenvalue weighted by molar-refractivity contribution is 6.08. The first kappa shape index (κ1) is 42.4. The fraction of sp³-hybridized carbons (Fsp3) is 0.141. The maximum atomic E-state index is 2.44. The van der Waals surface area contributed by atoms with E-state index in [1.165, 1.54) is 83.3 Å². The molecule has 10 rings (SSSR count). The Morgan fingerprint density at radius 2 is 0.955 bits per heavy atom. The predicted octanol–water partition coefficient (Wildman–Crippen LogP) is 14.8. The Bertz CT molecular complexity index is 3120. The Kier molecular flexibility index (Phi) is 11.9. The lowest BCUT2D eigenvalue weighted by Crippen LogP contribution is -2.39. The molecule has 0 bridgehead atoms. The third kappa shape index (κ3) is 8.09. The zero-order valence-electron chi connectivity index (χ0n) is 38.3. The summed E-state index contributed by atoms with van der Waals surface area (Å²) in [5.74, 6) is 0. The van der Waals surface area contributed by atoms with Crippen molar-refractivity contribution in [2.24, 2.45) is 0 Å². The average molecular weight is 854 g/mol. The SMILES string of the molecule is CC(/C=C/C=C/C1=[N+](C)c2ccc3ccccc3c2C1(Cc1ccccc1)Cc1ccccc1)=C\C=C\C=C1\N(C)c2ccc3ccccc3c2C1(Cc1ccccc1)Cc1ccccc1. The number of nitrogens with zero attached hydrogens (tertiary/aromatic N) is 2. The summed E-state index contributed by atoms with van der Waals surface area (Å²) in [5, 5.41) is 5.21. The summed E-state index contributed by atoms with van der Waals surface area (Å²) < 4.78 is 2.44. The summed E-state index contributed by atoms with van der Waals surface area (Å²) in [7, 11) is 4.49. The maximum absolute atomic E-state index is 2.44. The second-order valence-electron chi connectivity index (χ2n) is 18.2. The topological polar surface area (TPSA) is 6.25 Å². The highest BCUT2D eigenvalue weighted by Crippen LogP contribution is 2.54. The van der Waals surface area contributed by atoms with Crippen molar-refractivity contribution in [2.75, 3.05) is 19.0 Å². The van der Waals surface area contributed by atoms with Crippen LogP contribution in [0.1, 0.15) is 40.3 Å². The quantitative estimate of drug-likeness (QED) is 0.0827. The van der Waals surface area contributed by atoms with Gasteiger partial charge in [0.2, 0.25) is 5.69 Å². The van der Waals surface area contributed by atoms with Crippen LogP contribution >= 0.6 is 0 Å². The lowest BCUT2D eigenvalue weighted by atomic mass is 9.68. The minimum Gasteiger partial charge on any atom is -0.347 e.